The summed E-state index contributed by atoms with van der Waals surface area (Å²) in [5.41, 5.74) is -0.183. The lowest BCUT2D eigenvalue weighted by atomic mass is 10.1. The zero-order valence-corrected chi connectivity index (χ0v) is 8.96. The van der Waals surface area contributed by atoms with E-state index in [0.29, 0.717) is 17.7 Å². The number of carbonyl (C=O) groups is 2. The molecule has 17 heavy (non-hydrogen) atoms. The molecule has 0 aromatic heterocycles. The number of nitrogens with zero attached hydrogens (tertiary/aromatic N) is 1. The Bertz CT molecular complexity index is 351. The van der Waals surface area contributed by atoms with Crippen LogP contribution in [0.1, 0.15) is 19.3 Å². The fraction of sp³-hybridized carbons (Fsp3) is 0.600. The second-order valence-electron chi connectivity index (χ2n) is 3.91. The highest BCUT2D eigenvalue weighted by Crippen LogP contribution is 2.28. The van der Waals surface area contributed by atoms with Crippen LogP contribution < -0.4 is 0 Å². The molecule has 1 aliphatic rings. The Morgan fingerprint density at radius 1 is 1.41 bits per heavy atom. The van der Waals surface area contributed by atoms with Crippen molar-refractivity contribution in [1.82, 2.24) is 4.90 Å². The largest absolute Gasteiger partial charge is 0.478 e. The quantitative estimate of drug-likeness (QED) is 0.774. The number of rotatable bonds is 3. The van der Waals surface area contributed by atoms with Crippen molar-refractivity contribution in [2.75, 3.05) is 6.54 Å². The van der Waals surface area contributed by atoms with Crippen LogP contribution in [-0.2, 0) is 9.59 Å². The van der Waals surface area contributed by atoms with Crippen molar-refractivity contribution in [1.29, 1.82) is 0 Å². The van der Waals surface area contributed by atoms with Crippen molar-refractivity contribution in [3.05, 3.63) is 12.2 Å². The molecule has 1 saturated heterocycles. The van der Waals surface area contributed by atoms with E-state index < -0.39 is 24.1 Å². The molecule has 0 saturated carbocycles. The Morgan fingerprint density at radius 3 is 2.47 bits per heavy atom. The smallest absolute Gasteiger partial charge is 0.471 e. The molecule has 0 radical (unpaired) electrons. The minimum Gasteiger partial charge on any atom is -0.478 e. The van der Waals surface area contributed by atoms with Crippen LogP contribution in [0.3, 0.4) is 0 Å². The number of aliphatic carboxylic acids is 1. The summed E-state index contributed by atoms with van der Waals surface area (Å²) in [6.07, 6.45) is -4.22. The van der Waals surface area contributed by atoms with Crippen LogP contribution >= 0.6 is 0 Å². The van der Waals surface area contributed by atoms with E-state index in [1.54, 1.807) is 0 Å². The maximum atomic E-state index is 12.2. The number of carbonyl (C=O) groups excluding carboxylic acids is 1. The highest BCUT2D eigenvalue weighted by molar-refractivity contribution is 5.86. The van der Waals surface area contributed by atoms with Gasteiger partial charge >= 0.3 is 18.1 Å². The van der Waals surface area contributed by atoms with E-state index in [4.69, 9.17) is 5.11 Å². The Labute approximate surface area is 95.7 Å². The zero-order chi connectivity index (χ0) is 13.2. The number of carboxylic acid groups (broad SMARTS) is 1. The lowest BCUT2D eigenvalue weighted by Crippen LogP contribution is -2.44. The minimum atomic E-state index is -4.91. The summed E-state index contributed by atoms with van der Waals surface area (Å²) in [4.78, 5) is 22.3. The van der Waals surface area contributed by atoms with Crippen LogP contribution in [0.2, 0.25) is 0 Å². The molecule has 7 heteroatoms. The molecule has 96 valence electrons. The number of amides is 1. The van der Waals surface area contributed by atoms with E-state index in [2.05, 4.69) is 6.58 Å². The van der Waals surface area contributed by atoms with Gasteiger partial charge in [-0.2, -0.15) is 13.2 Å². The third-order valence-corrected chi connectivity index (χ3v) is 2.66. The van der Waals surface area contributed by atoms with Crippen LogP contribution in [0.15, 0.2) is 12.2 Å². The van der Waals surface area contributed by atoms with Gasteiger partial charge in [0, 0.05) is 18.2 Å². The zero-order valence-electron chi connectivity index (χ0n) is 8.96. The van der Waals surface area contributed by atoms with Crippen molar-refractivity contribution < 1.29 is 27.9 Å². The first-order valence-corrected chi connectivity index (χ1v) is 5.02. The van der Waals surface area contributed by atoms with E-state index in [0.717, 1.165) is 0 Å². The number of hydrogen-bond acceptors (Lipinski definition) is 2. The van der Waals surface area contributed by atoms with Gasteiger partial charge in [0.25, 0.3) is 0 Å². The second-order valence-corrected chi connectivity index (χ2v) is 3.91. The van der Waals surface area contributed by atoms with Crippen molar-refractivity contribution in [2.24, 2.45) is 0 Å². The SMILES string of the molecule is C=C(C[C@@H]1CCCN1C(=O)C(F)(F)F)C(=O)O. The Hall–Kier alpha value is -1.53. The van der Waals surface area contributed by atoms with E-state index in [-0.39, 0.29) is 18.5 Å². The highest BCUT2D eigenvalue weighted by Gasteiger charge is 2.46. The van der Waals surface area contributed by atoms with Crippen molar-refractivity contribution in [3.8, 4) is 0 Å². The Kier molecular flexibility index (Phi) is 3.79. The molecule has 1 amide bonds. The van der Waals surface area contributed by atoms with Crippen molar-refractivity contribution in [3.63, 3.8) is 0 Å². The van der Waals surface area contributed by atoms with Gasteiger partial charge in [-0.25, -0.2) is 4.79 Å². The average molecular weight is 251 g/mol. The second kappa shape index (κ2) is 4.77. The summed E-state index contributed by atoms with van der Waals surface area (Å²) in [7, 11) is 0. The van der Waals surface area contributed by atoms with Gasteiger partial charge in [-0.3, -0.25) is 4.79 Å². The van der Waals surface area contributed by atoms with E-state index in [1.807, 2.05) is 0 Å². The number of alkyl halides is 3. The summed E-state index contributed by atoms with van der Waals surface area (Å²) in [6, 6.07) is -0.715. The summed E-state index contributed by atoms with van der Waals surface area (Å²) < 4.78 is 36.7. The summed E-state index contributed by atoms with van der Waals surface area (Å²) in [5, 5.41) is 8.60. The first-order chi connectivity index (χ1) is 7.73. The number of halogens is 3. The lowest BCUT2D eigenvalue weighted by Gasteiger charge is -2.25. The topological polar surface area (TPSA) is 57.6 Å². The molecule has 1 heterocycles. The number of hydrogen-bond donors (Lipinski definition) is 1. The third-order valence-electron chi connectivity index (χ3n) is 2.66. The van der Waals surface area contributed by atoms with Crippen LogP contribution in [0.5, 0.6) is 0 Å². The number of likely N-dealkylation sites (tertiary alicyclic amines) is 1. The average Bonchev–Trinajstić information content (AvgIpc) is 2.62. The normalized spacial score (nSPS) is 20.4. The molecule has 1 fully saturated rings. The van der Waals surface area contributed by atoms with E-state index in [1.165, 1.54) is 0 Å². The van der Waals surface area contributed by atoms with Crippen LogP contribution in [0.25, 0.3) is 0 Å². The highest BCUT2D eigenvalue weighted by atomic mass is 19.4. The van der Waals surface area contributed by atoms with Gasteiger partial charge in [0.1, 0.15) is 0 Å². The summed E-state index contributed by atoms with van der Waals surface area (Å²) in [5.74, 6) is -3.16. The molecule has 0 aliphatic carbocycles. The maximum absolute atomic E-state index is 12.2. The fourth-order valence-electron chi connectivity index (χ4n) is 1.85. The molecule has 1 rings (SSSR count). The minimum absolute atomic E-state index is 0.00983. The molecule has 0 aromatic carbocycles. The Morgan fingerprint density at radius 2 is 2.00 bits per heavy atom. The molecule has 0 aromatic rings. The van der Waals surface area contributed by atoms with Gasteiger partial charge in [-0.1, -0.05) is 6.58 Å². The van der Waals surface area contributed by atoms with Crippen molar-refractivity contribution >= 4 is 11.9 Å². The Balaban J connectivity index is 2.71. The molecule has 1 N–H and O–H groups in total. The monoisotopic (exact) mass is 251 g/mol. The molecule has 0 spiro atoms. The van der Waals surface area contributed by atoms with Crippen LogP contribution in [0.4, 0.5) is 13.2 Å². The molecular weight excluding hydrogens is 239 g/mol. The molecule has 1 atom stereocenters. The first-order valence-electron chi connectivity index (χ1n) is 5.02. The van der Waals surface area contributed by atoms with Gasteiger partial charge in [0.15, 0.2) is 0 Å². The fourth-order valence-corrected chi connectivity index (χ4v) is 1.85. The van der Waals surface area contributed by atoms with Crippen LogP contribution in [0, 0.1) is 0 Å². The van der Waals surface area contributed by atoms with E-state index >= 15 is 0 Å². The predicted molar refractivity (Wildman–Crippen MR) is 52.2 cm³/mol. The van der Waals surface area contributed by atoms with E-state index in [9.17, 15) is 22.8 Å². The summed E-state index contributed by atoms with van der Waals surface area (Å²) >= 11 is 0. The van der Waals surface area contributed by atoms with Crippen molar-refractivity contribution in [2.45, 2.75) is 31.5 Å². The molecule has 1 aliphatic heterocycles. The molecule has 4 nitrogen and oxygen atoms in total. The van der Waals surface area contributed by atoms with Gasteiger partial charge in [-0.15, -0.1) is 0 Å². The maximum Gasteiger partial charge on any atom is 0.471 e. The summed E-state index contributed by atoms with van der Waals surface area (Å²) in [6.45, 7) is 3.26. The van der Waals surface area contributed by atoms with Gasteiger partial charge < -0.3 is 10.0 Å². The molecule has 0 unspecified atom stereocenters. The first kappa shape index (κ1) is 13.5. The van der Waals surface area contributed by atoms with Crippen LogP contribution in [-0.4, -0.2) is 40.6 Å². The van der Waals surface area contributed by atoms with Gasteiger partial charge in [0.05, 0.1) is 0 Å². The molecular formula is C10H12F3NO3. The number of carboxylic acids is 1. The van der Waals surface area contributed by atoms with Gasteiger partial charge in [-0.05, 0) is 19.3 Å². The standard InChI is InChI=1S/C10H12F3NO3/c1-6(8(15)16)5-7-3-2-4-14(7)9(17)10(11,12)13/h7H,1-5H2,(H,15,16)/t7-/m0/s1. The third kappa shape index (κ3) is 3.21. The van der Waals surface area contributed by atoms with Gasteiger partial charge in [0.2, 0.25) is 0 Å². The predicted octanol–water partition coefficient (Wildman–Crippen LogP) is 1.57. The molecule has 0 bridgehead atoms. The lowest BCUT2D eigenvalue weighted by molar-refractivity contribution is -0.186.